The highest BCUT2D eigenvalue weighted by molar-refractivity contribution is 6.05. The van der Waals surface area contributed by atoms with Crippen LogP contribution in [-0.4, -0.2) is 36.9 Å². The summed E-state index contributed by atoms with van der Waals surface area (Å²) in [7, 11) is 1.74. The average Bonchev–Trinajstić information content (AvgIpc) is 3.51. The van der Waals surface area contributed by atoms with Crippen molar-refractivity contribution in [3.63, 3.8) is 0 Å². The predicted molar refractivity (Wildman–Crippen MR) is 101 cm³/mol. The van der Waals surface area contributed by atoms with Crippen molar-refractivity contribution in [3.05, 3.63) is 59.9 Å². The van der Waals surface area contributed by atoms with Gasteiger partial charge >= 0.3 is 0 Å². The number of hydrogen-bond donors (Lipinski definition) is 2. The highest BCUT2D eigenvalue weighted by Gasteiger charge is 2.20. The van der Waals surface area contributed by atoms with E-state index in [1.54, 1.807) is 36.5 Å². The molecule has 136 valence electrons. The van der Waals surface area contributed by atoms with Crippen molar-refractivity contribution in [2.24, 2.45) is 5.92 Å². The highest BCUT2D eigenvalue weighted by atomic mass is 16.2. The summed E-state index contributed by atoms with van der Waals surface area (Å²) in [6.45, 7) is 1.77. The van der Waals surface area contributed by atoms with Crippen molar-refractivity contribution in [1.29, 1.82) is 0 Å². The minimum absolute atomic E-state index is 0.000269. The number of carbonyl (C=O) groups is 2. The second-order valence-corrected chi connectivity index (χ2v) is 6.62. The van der Waals surface area contributed by atoms with Crippen LogP contribution in [0.2, 0.25) is 0 Å². The molecule has 6 nitrogen and oxygen atoms in total. The Balaban J connectivity index is 1.48. The zero-order chi connectivity index (χ0) is 18.4. The van der Waals surface area contributed by atoms with Gasteiger partial charge in [-0.3, -0.25) is 14.6 Å². The molecule has 2 aromatic rings. The van der Waals surface area contributed by atoms with Gasteiger partial charge in [0, 0.05) is 37.2 Å². The molecule has 0 unspecified atom stereocenters. The quantitative estimate of drug-likeness (QED) is 0.762. The number of amides is 2. The monoisotopic (exact) mass is 352 g/mol. The maximum Gasteiger partial charge on any atom is 0.258 e. The van der Waals surface area contributed by atoms with Crippen molar-refractivity contribution in [3.8, 4) is 0 Å². The number of aromatic nitrogens is 1. The van der Waals surface area contributed by atoms with Crippen LogP contribution in [0.3, 0.4) is 0 Å². The van der Waals surface area contributed by atoms with E-state index in [-0.39, 0.29) is 11.8 Å². The largest absolute Gasteiger partial charge is 0.351 e. The Kier molecular flexibility index (Phi) is 5.96. The molecule has 1 heterocycles. The van der Waals surface area contributed by atoms with E-state index < -0.39 is 0 Å². The third-order valence-corrected chi connectivity index (χ3v) is 4.46. The Bertz CT molecular complexity index is 742. The first-order valence-corrected chi connectivity index (χ1v) is 8.88. The first-order chi connectivity index (χ1) is 12.6. The molecular weight excluding hydrogens is 328 g/mol. The van der Waals surface area contributed by atoms with E-state index >= 15 is 0 Å². The summed E-state index contributed by atoms with van der Waals surface area (Å²) in [6.07, 6.45) is 5.76. The van der Waals surface area contributed by atoms with Crippen LogP contribution in [0.4, 0.5) is 5.69 Å². The van der Waals surface area contributed by atoms with Crippen LogP contribution in [0.5, 0.6) is 0 Å². The molecule has 0 saturated heterocycles. The van der Waals surface area contributed by atoms with Gasteiger partial charge in [0.25, 0.3) is 5.91 Å². The van der Waals surface area contributed by atoms with E-state index in [1.807, 2.05) is 24.3 Å². The lowest BCUT2D eigenvalue weighted by atomic mass is 10.1. The van der Waals surface area contributed by atoms with Gasteiger partial charge in [-0.2, -0.15) is 0 Å². The fourth-order valence-electron chi connectivity index (χ4n) is 2.62. The van der Waals surface area contributed by atoms with Crippen molar-refractivity contribution in [2.75, 3.05) is 25.0 Å². The van der Waals surface area contributed by atoms with E-state index in [4.69, 9.17) is 0 Å². The van der Waals surface area contributed by atoms with Gasteiger partial charge < -0.3 is 15.5 Å². The Morgan fingerprint density at radius 3 is 2.46 bits per heavy atom. The first kappa shape index (κ1) is 18.1. The maximum absolute atomic E-state index is 12.4. The number of rotatable bonds is 8. The Morgan fingerprint density at radius 2 is 1.81 bits per heavy atom. The molecule has 6 heteroatoms. The number of carbonyl (C=O) groups excluding carboxylic acids is 2. The van der Waals surface area contributed by atoms with Crippen molar-refractivity contribution >= 4 is 17.5 Å². The Hall–Kier alpha value is -2.73. The van der Waals surface area contributed by atoms with Gasteiger partial charge in [-0.1, -0.05) is 12.1 Å². The van der Waals surface area contributed by atoms with Gasteiger partial charge in [0.1, 0.15) is 0 Å². The summed E-state index contributed by atoms with van der Waals surface area (Å²) < 4.78 is 0. The third kappa shape index (κ3) is 5.13. The van der Waals surface area contributed by atoms with Crippen LogP contribution >= 0.6 is 0 Å². The molecule has 1 aromatic heterocycles. The fraction of sp³-hybridized carbons (Fsp3) is 0.350. The van der Waals surface area contributed by atoms with Gasteiger partial charge in [-0.15, -0.1) is 0 Å². The van der Waals surface area contributed by atoms with E-state index in [0.717, 1.165) is 23.7 Å². The molecule has 26 heavy (non-hydrogen) atoms. The molecule has 0 bridgehead atoms. The third-order valence-electron chi connectivity index (χ3n) is 4.46. The molecule has 1 aromatic carbocycles. The SMILES string of the molecule is CN(C(=O)c1ccncc1)c1ccc(CNC(=O)CNCC2CC2)cc1. The molecule has 0 spiro atoms. The van der Waals surface area contributed by atoms with E-state index in [9.17, 15) is 9.59 Å². The summed E-state index contributed by atoms with van der Waals surface area (Å²) in [5.74, 6) is 0.678. The fourth-order valence-corrected chi connectivity index (χ4v) is 2.62. The molecule has 0 radical (unpaired) electrons. The number of pyridine rings is 1. The van der Waals surface area contributed by atoms with Gasteiger partial charge in [-0.25, -0.2) is 0 Å². The molecule has 1 saturated carbocycles. The zero-order valence-electron chi connectivity index (χ0n) is 14.9. The topological polar surface area (TPSA) is 74.3 Å². The number of nitrogens with one attached hydrogen (secondary N) is 2. The summed E-state index contributed by atoms with van der Waals surface area (Å²) >= 11 is 0. The Morgan fingerprint density at radius 1 is 1.12 bits per heavy atom. The van der Waals surface area contributed by atoms with E-state index in [2.05, 4.69) is 15.6 Å². The highest BCUT2D eigenvalue weighted by Crippen LogP contribution is 2.27. The van der Waals surface area contributed by atoms with Crippen LogP contribution in [0, 0.1) is 5.92 Å². The van der Waals surface area contributed by atoms with Gasteiger partial charge in [0.15, 0.2) is 0 Å². The summed E-state index contributed by atoms with van der Waals surface area (Å²) in [5.41, 5.74) is 2.39. The summed E-state index contributed by atoms with van der Waals surface area (Å²) in [5, 5.41) is 6.08. The normalized spacial score (nSPS) is 13.3. The van der Waals surface area contributed by atoms with Crippen molar-refractivity contribution < 1.29 is 9.59 Å². The zero-order valence-corrected chi connectivity index (χ0v) is 14.9. The van der Waals surface area contributed by atoms with Crippen LogP contribution in [0.25, 0.3) is 0 Å². The number of benzene rings is 1. The molecule has 1 aliphatic carbocycles. The molecule has 2 N–H and O–H groups in total. The maximum atomic E-state index is 12.4. The molecule has 0 atom stereocenters. The van der Waals surface area contributed by atoms with Gasteiger partial charge in [0.05, 0.1) is 6.54 Å². The van der Waals surface area contributed by atoms with E-state index in [1.165, 1.54) is 12.8 Å². The van der Waals surface area contributed by atoms with Crippen LogP contribution in [0.15, 0.2) is 48.8 Å². The van der Waals surface area contributed by atoms with Crippen LogP contribution in [-0.2, 0) is 11.3 Å². The number of nitrogens with zero attached hydrogens (tertiary/aromatic N) is 2. The summed E-state index contributed by atoms with van der Waals surface area (Å²) in [6, 6.07) is 11.0. The van der Waals surface area contributed by atoms with Gasteiger partial charge in [-0.05, 0) is 55.1 Å². The van der Waals surface area contributed by atoms with Gasteiger partial charge in [0.2, 0.25) is 5.91 Å². The lowest BCUT2D eigenvalue weighted by molar-refractivity contribution is -0.120. The standard InChI is InChI=1S/C20H24N4O2/c1-24(20(26)17-8-10-21-11-9-17)18-6-4-16(5-7-18)13-23-19(25)14-22-12-15-2-3-15/h4-11,15,22H,2-3,12-14H2,1H3,(H,23,25). The first-order valence-electron chi connectivity index (χ1n) is 8.88. The number of hydrogen-bond acceptors (Lipinski definition) is 4. The smallest absolute Gasteiger partial charge is 0.258 e. The lowest BCUT2D eigenvalue weighted by Gasteiger charge is -2.17. The summed E-state index contributed by atoms with van der Waals surface area (Å²) in [4.78, 5) is 29.8. The predicted octanol–water partition coefficient (Wildman–Crippen LogP) is 1.97. The molecule has 0 aliphatic heterocycles. The molecule has 1 aliphatic rings. The van der Waals surface area contributed by atoms with Crippen molar-refractivity contribution in [1.82, 2.24) is 15.6 Å². The van der Waals surface area contributed by atoms with E-state index in [0.29, 0.717) is 18.7 Å². The number of anilines is 1. The molecular formula is C20H24N4O2. The van der Waals surface area contributed by atoms with Crippen LogP contribution in [0.1, 0.15) is 28.8 Å². The lowest BCUT2D eigenvalue weighted by Crippen LogP contribution is -2.34. The molecule has 2 amide bonds. The second-order valence-electron chi connectivity index (χ2n) is 6.62. The minimum atomic E-state index is -0.0878. The average molecular weight is 352 g/mol. The minimum Gasteiger partial charge on any atom is -0.351 e. The second kappa shape index (κ2) is 8.58. The van der Waals surface area contributed by atoms with Crippen molar-refractivity contribution in [2.45, 2.75) is 19.4 Å². The molecule has 3 rings (SSSR count). The Labute approximate surface area is 153 Å². The molecule has 1 fully saturated rings. The van der Waals surface area contributed by atoms with Crippen LogP contribution < -0.4 is 15.5 Å².